The molecule has 0 unspecified atom stereocenters. The van der Waals surface area contributed by atoms with E-state index >= 15 is 0 Å². The molecule has 0 aliphatic rings. The van der Waals surface area contributed by atoms with Crippen LogP contribution < -0.4 is 0 Å². The number of fused-ring (bicyclic) bond motifs is 7. The first-order valence-corrected chi connectivity index (χ1v) is 15.3. The summed E-state index contributed by atoms with van der Waals surface area (Å²) in [6.07, 6.45) is 0. The Hall–Kier alpha value is -5.72. The van der Waals surface area contributed by atoms with Gasteiger partial charge in [0.15, 0.2) is 0 Å². The lowest BCUT2D eigenvalue weighted by Crippen LogP contribution is -1.94. The van der Waals surface area contributed by atoms with Crippen LogP contribution in [0.2, 0.25) is 0 Å². The largest absolute Gasteiger partial charge is 0.0616 e. The summed E-state index contributed by atoms with van der Waals surface area (Å²) in [5.74, 6) is 0. The van der Waals surface area contributed by atoms with Crippen LogP contribution in [0.3, 0.4) is 0 Å². The second kappa shape index (κ2) is 9.93. The van der Waals surface area contributed by atoms with Gasteiger partial charge in [-0.05, 0) is 87.2 Å². The van der Waals surface area contributed by atoms with Crippen molar-refractivity contribution >= 4 is 53.9 Å². The van der Waals surface area contributed by atoms with Crippen LogP contribution >= 0.6 is 0 Å². The van der Waals surface area contributed by atoms with Crippen LogP contribution in [0.25, 0.3) is 87.2 Å². The molecule has 0 nitrogen and oxygen atoms in total. The zero-order valence-electron chi connectivity index (χ0n) is 24.2. The van der Waals surface area contributed by atoms with E-state index < -0.39 is 0 Å². The minimum atomic E-state index is 1.25. The van der Waals surface area contributed by atoms with E-state index in [0.717, 1.165) is 0 Å². The van der Waals surface area contributed by atoms with Crippen molar-refractivity contribution in [1.29, 1.82) is 0 Å². The number of hydrogen-bond donors (Lipinski definition) is 0. The Morgan fingerprint density at radius 2 is 0.545 bits per heavy atom. The number of rotatable bonds is 3. The molecule has 9 rings (SSSR count). The first-order chi connectivity index (χ1) is 21.8. The second-order valence-electron chi connectivity index (χ2n) is 11.6. The third-order valence-electron chi connectivity index (χ3n) is 9.28. The fourth-order valence-corrected chi connectivity index (χ4v) is 7.29. The van der Waals surface area contributed by atoms with E-state index in [4.69, 9.17) is 0 Å². The molecular formula is C44H28. The summed E-state index contributed by atoms with van der Waals surface area (Å²) in [4.78, 5) is 0. The second-order valence-corrected chi connectivity index (χ2v) is 11.6. The molecule has 0 fully saturated rings. The highest BCUT2D eigenvalue weighted by molar-refractivity contribution is 6.18. The van der Waals surface area contributed by atoms with E-state index in [0.29, 0.717) is 0 Å². The fraction of sp³-hybridized carbons (Fsp3) is 0. The normalized spacial score (nSPS) is 11.6. The third-order valence-corrected chi connectivity index (χ3v) is 9.28. The molecule has 0 amide bonds. The first-order valence-electron chi connectivity index (χ1n) is 15.3. The maximum Gasteiger partial charge on any atom is -0.00201 e. The maximum atomic E-state index is 2.31. The van der Waals surface area contributed by atoms with Gasteiger partial charge in [0, 0.05) is 0 Å². The van der Waals surface area contributed by atoms with Gasteiger partial charge in [-0.2, -0.15) is 0 Å². The highest BCUT2D eigenvalue weighted by Crippen LogP contribution is 2.46. The molecule has 0 saturated heterocycles. The van der Waals surface area contributed by atoms with E-state index in [1.807, 2.05) is 0 Å². The van der Waals surface area contributed by atoms with Crippen LogP contribution in [0, 0.1) is 0 Å². The average molecular weight is 557 g/mol. The van der Waals surface area contributed by atoms with E-state index in [1.54, 1.807) is 0 Å². The molecule has 0 spiro atoms. The quantitative estimate of drug-likeness (QED) is 0.190. The van der Waals surface area contributed by atoms with Crippen LogP contribution in [0.15, 0.2) is 170 Å². The van der Waals surface area contributed by atoms with Gasteiger partial charge in [0.25, 0.3) is 0 Å². The van der Waals surface area contributed by atoms with Gasteiger partial charge in [-0.1, -0.05) is 170 Å². The number of hydrogen-bond acceptors (Lipinski definition) is 0. The standard InChI is InChI=1S/C44H28/c1-4-15-32-29(11-1)14-7-18-37(32)41-23-10-24-42(38-21-8-19-35-33-16-5-2-12-30(33)25-27-39(35)38)44(41)43-22-9-20-36-34-17-6-3-13-31(34)26-28-40(36)43/h1-28H. The van der Waals surface area contributed by atoms with Gasteiger partial charge >= 0.3 is 0 Å². The topological polar surface area (TPSA) is 0 Å². The Kier molecular flexibility index (Phi) is 5.61. The van der Waals surface area contributed by atoms with Crippen LogP contribution in [-0.2, 0) is 0 Å². The molecule has 204 valence electrons. The molecule has 0 saturated carbocycles. The maximum absolute atomic E-state index is 2.31. The fourth-order valence-electron chi connectivity index (χ4n) is 7.29. The third kappa shape index (κ3) is 3.78. The van der Waals surface area contributed by atoms with Gasteiger partial charge < -0.3 is 0 Å². The average Bonchev–Trinajstić information content (AvgIpc) is 3.10. The lowest BCUT2D eigenvalue weighted by Gasteiger charge is -2.20. The van der Waals surface area contributed by atoms with Gasteiger partial charge in [-0.3, -0.25) is 0 Å². The highest BCUT2D eigenvalue weighted by atomic mass is 14.2. The summed E-state index contributed by atoms with van der Waals surface area (Å²) in [5.41, 5.74) is 7.52. The van der Waals surface area contributed by atoms with E-state index in [2.05, 4.69) is 170 Å². The zero-order valence-corrected chi connectivity index (χ0v) is 24.2. The van der Waals surface area contributed by atoms with Crippen molar-refractivity contribution in [3.8, 4) is 33.4 Å². The minimum absolute atomic E-state index is 1.25. The Balaban J connectivity index is 1.43. The van der Waals surface area contributed by atoms with E-state index in [1.165, 1.54) is 87.2 Å². The Labute approximate surface area is 256 Å². The molecule has 0 atom stereocenters. The SMILES string of the molecule is c1cc(-c2cccc3ccccc23)c(-c2cccc3c2ccc2ccccc23)c(-c2cccc3c2ccc2ccccc23)c1. The number of benzene rings is 9. The van der Waals surface area contributed by atoms with Crippen LogP contribution in [0.4, 0.5) is 0 Å². The smallest absolute Gasteiger partial charge is 0.00201 e. The zero-order chi connectivity index (χ0) is 29.0. The summed E-state index contributed by atoms with van der Waals surface area (Å²) in [5, 5.41) is 12.7. The molecule has 9 aromatic carbocycles. The van der Waals surface area contributed by atoms with Gasteiger partial charge in [0.1, 0.15) is 0 Å². The molecular weight excluding hydrogens is 528 g/mol. The molecule has 0 N–H and O–H groups in total. The Bertz CT molecular complexity index is 2550. The summed E-state index contributed by atoms with van der Waals surface area (Å²) >= 11 is 0. The van der Waals surface area contributed by atoms with Crippen molar-refractivity contribution in [2.45, 2.75) is 0 Å². The molecule has 0 radical (unpaired) electrons. The predicted octanol–water partition coefficient (Wildman–Crippen LogP) is 12.5. The lowest BCUT2D eigenvalue weighted by atomic mass is 9.83. The molecule has 0 heterocycles. The molecule has 0 bridgehead atoms. The molecule has 44 heavy (non-hydrogen) atoms. The molecule has 9 aromatic rings. The van der Waals surface area contributed by atoms with Crippen molar-refractivity contribution in [2.24, 2.45) is 0 Å². The van der Waals surface area contributed by atoms with Crippen molar-refractivity contribution in [3.63, 3.8) is 0 Å². The summed E-state index contributed by atoms with van der Waals surface area (Å²) in [6, 6.07) is 62.4. The molecule has 0 aliphatic carbocycles. The first kappa shape index (κ1) is 24.8. The van der Waals surface area contributed by atoms with Crippen LogP contribution in [0.5, 0.6) is 0 Å². The van der Waals surface area contributed by atoms with Gasteiger partial charge in [-0.25, -0.2) is 0 Å². The summed E-state index contributed by atoms with van der Waals surface area (Å²) in [7, 11) is 0. The lowest BCUT2D eigenvalue weighted by molar-refractivity contribution is 1.60. The minimum Gasteiger partial charge on any atom is -0.0616 e. The van der Waals surface area contributed by atoms with Gasteiger partial charge in [-0.15, -0.1) is 0 Å². The van der Waals surface area contributed by atoms with Crippen LogP contribution in [0.1, 0.15) is 0 Å². The van der Waals surface area contributed by atoms with Gasteiger partial charge in [0.05, 0.1) is 0 Å². The highest BCUT2D eigenvalue weighted by Gasteiger charge is 2.19. The molecule has 0 heteroatoms. The molecule has 0 aromatic heterocycles. The Morgan fingerprint density at radius 1 is 0.182 bits per heavy atom. The predicted molar refractivity (Wildman–Crippen MR) is 190 cm³/mol. The van der Waals surface area contributed by atoms with Crippen LogP contribution in [-0.4, -0.2) is 0 Å². The molecule has 0 aliphatic heterocycles. The Morgan fingerprint density at radius 3 is 1.16 bits per heavy atom. The van der Waals surface area contributed by atoms with Crippen molar-refractivity contribution < 1.29 is 0 Å². The van der Waals surface area contributed by atoms with Crippen molar-refractivity contribution in [3.05, 3.63) is 170 Å². The van der Waals surface area contributed by atoms with E-state index in [9.17, 15) is 0 Å². The monoisotopic (exact) mass is 556 g/mol. The van der Waals surface area contributed by atoms with Crippen molar-refractivity contribution in [1.82, 2.24) is 0 Å². The van der Waals surface area contributed by atoms with Gasteiger partial charge in [0.2, 0.25) is 0 Å². The van der Waals surface area contributed by atoms with E-state index in [-0.39, 0.29) is 0 Å². The van der Waals surface area contributed by atoms with Crippen molar-refractivity contribution in [2.75, 3.05) is 0 Å². The summed E-state index contributed by atoms with van der Waals surface area (Å²) < 4.78 is 0. The summed E-state index contributed by atoms with van der Waals surface area (Å²) in [6.45, 7) is 0.